The van der Waals surface area contributed by atoms with E-state index in [2.05, 4.69) is 49.5 Å². The molecule has 0 spiro atoms. The number of nitrogens with zero attached hydrogens (tertiary/aromatic N) is 2. The molecule has 0 aliphatic carbocycles. The molecule has 5 nitrogen and oxygen atoms in total. The van der Waals surface area contributed by atoms with E-state index in [9.17, 15) is 0 Å². The van der Waals surface area contributed by atoms with Gasteiger partial charge in [-0.25, -0.2) is 0 Å². The number of nitrogen functional groups attached to an aromatic ring is 1. The topological polar surface area (TPSA) is 75.9 Å². The van der Waals surface area contributed by atoms with Gasteiger partial charge in [-0.1, -0.05) is 22.9 Å². The molecule has 0 bridgehead atoms. The highest BCUT2D eigenvalue weighted by molar-refractivity contribution is 9.10. The summed E-state index contributed by atoms with van der Waals surface area (Å²) < 4.78 is 1.07. The number of nitrogens with two attached hydrogens (primary N) is 1. The third-order valence-electron chi connectivity index (χ3n) is 2.81. The van der Waals surface area contributed by atoms with E-state index in [1.165, 1.54) is 5.56 Å². The molecule has 6 heteroatoms. The van der Waals surface area contributed by atoms with Crippen molar-refractivity contribution in [3.05, 3.63) is 34.3 Å². The number of aromatic nitrogens is 2. The van der Waals surface area contributed by atoms with Crippen molar-refractivity contribution in [1.82, 2.24) is 9.97 Å². The Bertz CT molecular complexity index is 600. The van der Waals surface area contributed by atoms with E-state index in [4.69, 9.17) is 5.73 Å². The summed E-state index contributed by atoms with van der Waals surface area (Å²) in [7, 11) is 0. The summed E-state index contributed by atoms with van der Waals surface area (Å²) in [6.07, 6.45) is 0.933. The minimum Gasteiger partial charge on any atom is -0.370 e. The van der Waals surface area contributed by atoms with Crippen molar-refractivity contribution in [3.8, 4) is 0 Å². The smallest absolute Gasteiger partial charge is 0.223 e. The second kappa shape index (κ2) is 6.56. The fourth-order valence-electron chi connectivity index (χ4n) is 1.92. The van der Waals surface area contributed by atoms with Gasteiger partial charge in [0.1, 0.15) is 11.6 Å². The van der Waals surface area contributed by atoms with Crippen molar-refractivity contribution in [2.45, 2.75) is 20.3 Å². The minimum absolute atomic E-state index is 0.251. The Kier molecular flexibility index (Phi) is 4.79. The summed E-state index contributed by atoms with van der Waals surface area (Å²) in [5.74, 6) is 1.66. The highest BCUT2D eigenvalue weighted by Gasteiger charge is 2.06. The van der Waals surface area contributed by atoms with Crippen LogP contribution in [0.3, 0.4) is 0 Å². The lowest BCUT2D eigenvalue weighted by molar-refractivity contribution is 1.11. The maximum absolute atomic E-state index is 5.73. The molecule has 0 fully saturated rings. The standard InChI is InChI=1S/C14H18BrN5/c1-3-9-7-10(15)5-6-11(9)18-13-8-12(17-4-2)19-14(16)20-13/h5-8H,3-4H2,1-2H3,(H4,16,17,18,19,20). The van der Waals surface area contributed by atoms with E-state index in [-0.39, 0.29) is 5.95 Å². The number of aryl methyl sites for hydroxylation is 1. The molecule has 0 amide bonds. The van der Waals surface area contributed by atoms with E-state index in [0.29, 0.717) is 5.82 Å². The summed E-state index contributed by atoms with van der Waals surface area (Å²) >= 11 is 3.48. The normalized spacial score (nSPS) is 10.3. The van der Waals surface area contributed by atoms with Gasteiger partial charge in [-0.15, -0.1) is 0 Å². The first kappa shape index (κ1) is 14.6. The molecule has 1 aromatic carbocycles. The van der Waals surface area contributed by atoms with Crippen molar-refractivity contribution >= 4 is 39.2 Å². The predicted molar refractivity (Wildman–Crippen MR) is 87.4 cm³/mol. The molecule has 0 saturated heterocycles. The van der Waals surface area contributed by atoms with Crippen molar-refractivity contribution in [1.29, 1.82) is 0 Å². The average molecular weight is 336 g/mol. The van der Waals surface area contributed by atoms with Crippen LogP contribution in [0.4, 0.5) is 23.3 Å². The number of hydrogen-bond acceptors (Lipinski definition) is 5. The molecule has 0 radical (unpaired) electrons. The van der Waals surface area contributed by atoms with Gasteiger partial charge < -0.3 is 16.4 Å². The maximum Gasteiger partial charge on any atom is 0.223 e. The van der Waals surface area contributed by atoms with E-state index in [1.54, 1.807) is 0 Å². The zero-order valence-corrected chi connectivity index (χ0v) is 13.2. The number of nitrogens with one attached hydrogen (secondary N) is 2. The molecule has 0 aliphatic rings. The number of halogens is 1. The molecule has 4 N–H and O–H groups in total. The van der Waals surface area contributed by atoms with Gasteiger partial charge in [0.05, 0.1) is 0 Å². The van der Waals surface area contributed by atoms with Crippen LogP contribution in [0.1, 0.15) is 19.4 Å². The largest absolute Gasteiger partial charge is 0.370 e. The van der Waals surface area contributed by atoms with Crippen LogP contribution in [-0.4, -0.2) is 16.5 Å². The van der Waals surface area contributed by atoms with E-state index in [0.717, 1.165) is 28.9 Å². The fraction of sp³-hybridized carbons (Fsp3) is 0.286. The van der Waals surface area contributed by atoms with Gasteiger partial charge in [-0.3, -0.25) is 0 Å². The molecular formula is C14H18BrN5. The van der Waals surface area contributed by atoms with Crippen LogP contribution in [0.5, 0.6) is 0 Å². The van der Waals surface area contributed by atoms with Crippen LogP contribution in [-0.2, 0) is 6.42 Å². The quantitative estimate of drug-likeness (QED) is 0.778. The highest BCUT2D eigenvalue weighted by atomic mass is 79.9. The van der Waals surface area contributed by atoms with Gasteiger partial charge in [0, 0.05) is 22.8 Å². The Morgan fingerprint density at radius 1 is 1.15 bits per heavy atom. The van der Waals surface area contributed by atoms with Crippen LogP contribution in [0.15, 0.2) is 28.7 Å². The lowest BCUT2D eigenvalue weighted by Gasteiger charge is -2.12. The van der Waals surface area contributed by atoms with Gasteiger partial charge >= 0.3 is 0 Å². The molecule has 0 aliphatic heterocycles. The summed E-state index contributed by atoms with van der Waals surface area (Å²) in [6.45, 7) is 4.91. The molecule has 2 aromatic rings. The molecular weight excluding hydrogens is 318 g/mol. The maximum atomic E-state index is 5.73. The van der Waals surface area contributed by atoms with Gasteiger partial charge in [-0.05, 0) is 37.1 Å². The molecule has 106 valence electrons. The first-order chi connectivity index (χ1) is 9.62. The van der Waals surface area contributed by atoms with Gasteiger partial charge in [0.2, 0.25) is 5.95 Å². The summed E-state index contributed by atoms with van der Waals surface area (Å²) in [4.78, 5) is 8.34. The number of rotatable bonds is 5. The van der Waals surface area contributed by atoms with Gasteiger partial charge in [0.15, 0.2) is 0 Å². The monoisotopic (exact) mass is 335 g/mol. The van der Waals surface area contributed by atoms with Crippen LogP contribution >= 0.6 is 15.9 Å². The van der Waals surface area contributed by atoms with Gasteiger partial charge in [-0.2, -0.15) is 9.97 Å². The highest BCUT2D eigenvalue weighted by Crippen LogP contribution is 2.25. The Morgan fingerprint density at radius 2 is 1.90 bits per heavy atom. The molecule has 0 atom stereocenters. The zero-order chi connectivity index (χ0) is 14.5. The Hall–Kier alpha value is -1.82. The first-order valence-corrected chi connectivity index (χ1v) is 7.35. The average Bonchev–Trinajstić information content (AvgIpc) is 2.40. The molecule has 1 aromatic heterocycles. The van der Waals surface area contributed by atoms with Crippen molar-refractivity contribution in [3.63, 3.8) is 0 Å². The molecule has 2 rings (SSSR count). The number of benzene rings is 1. The predicted octanol–water partition coefficient (Wildman–Crippen LogP) is 3.56. The second-order valence-electron chi connectivity index (χ2n) is 4.31. The molecule has 0 unspecified atom stereocenters. The summed E-state index contributed by atoms with van der Waals surface area (Å²) in [5.41, 5.74) is 7.96. The molecule has 0 saturated carbocycles. The molecule has 1 heterocycles. The third kappa shape index (κ3) is 3.60. The Morgan fingerprint density at radius 3 is 2.60 bits per heavy atom. The minimum atomic E-state index is 0.251. The van der Waals surface area contributed by atoms with E-state index >= 15 is 0 Å². The van der Waals surface area contributed by atoms with Crippen LogP contribution in [0.25, 0.3) is 0 Å². The second-order valence-corrected chi connectivity index (χ2v) is 5.22. The van der Waals surface area contributed by atoms with E-state index in [1.807, 2.05) is 25.1 Å². The van der Waals surface area contributed by atoms with Crippen molar-refractivity contribution in [2.75, 3.05) is 22.9 Å². The third-order valence-corrected chi connectivity index (χ3v) is 3.31. The van der Waals surface area contributed by atoms with Crippen LogP contribution in [0, 0.1) is 0 Å². The lowest BCUT2D eigenvalue weighted by atomic mass is 10.1. The van der Waals surface area contributed by atoms with Crippen molar-refractivity contribution < 1.29 is 0 Å². The molecule has 20 heavy (non-hydrogen) atoms. The Balaban J connectivity index is 2.29. The fourth-order valence-corrected chi connectivity index (χ4v) is 2.32. The summed E-state index contributed by atoms with van der Waals surface area (Å²) in [6, 6.07) is 7.96. The van der Waals surface area contributed by atoms with Crippen LogP contribution in [0.2, 0.25) is 0 Å². The zero-order valence-electron chi connectivity index (χ0n) is 11.6. The first-order valence-electron chi connectivity index (χ1n) is 6.56. The van der Waals surface area contributed by atoms with Gasteiger partial charge in [0.25, 0.3) is 0 Å². The lowest BCUT2D eigenvalue weighted by Crippen LogP contribution is -2.06. The SMILES string of the molecule is CCNc1cc(Nc2ccc(Br)cc2CC)nc(N)n1. The number of hydrogen-bond donors (Lipinski definition) is 3. The number of anilines is 4. The Labute approximate surface area is 127 Å². The van der Waals surface area contributed by atoms with Crippen LogP contribution < -0.4 is 16.4 Å². The summed E-state index contributed by atoms with van der Waals surface area (Å²) in [5, 5.41) is 6.43. The van der Waals surface area contributed by atoms with Crippen molar-refractivity contribution in [2.24, 2.45) is 0 Å². The van der Waals surface area contributed by atoms with E-state index < -0.39 is 0 Å².